The Labute approximate surface area is 187 Å². The van der Waals surface area contributed by atoms with Gasteiger partial charge in [-0.1, -0.05) is 36.2 Å². The van der Waals surface area contributed by atoms with Gasteiger partial charge in [0.1, 0.15) is 9.53 Å². The van der Waals surface area contributed by atoms with E-state index < -0.39 is 0 Å². The van der Waals surface area contributed by atoms with Crippen LogP contribution in [0.4, 0.5) is 0 Å². The average Bonchev–Trinajstić information content (AvgIpc) is 3.08. The molecule has 1 aromatic carbocycles. The molecule has 0 unspecified atom stereocenters. The van der Waals surface area contributed by atoms with Gasteiger partial charge in [-0.2, -0.15) is 0 Å². The normalized spacial score (nSPS) is 18.8. The van der Waals surface area contributed by atoms with Crippen molar-refractivity contribution in [1.29, 1.82) is 0 Å². The van der Waals surface area contributed by atoms with E-state index in [0.717, 1.165) is 39.9 Å². The fourth-order valence-corrected chi connectivity index (χ4v) is 5.33. The van der Waals surface area contributed by atoms with E-state index in [0.29, 0.717) is 33.4 Å². The van der Waals surface area contributed by atoms with Gasteiger partial charge in [0.25, 0.3) is 5.56 Å². The molecular formula is C22H19Cl2N3O2S. The molecule has 1 aliphatic rings. The van der Waals surface area contributed by atoms with Crippen molar-refractivity contribution in [2.24, 2.45) is 0 Å². The Morgan fingerprint density at radius 1 is 1.30 bits per heavy atom. The van der Waals surface area contributed by atoms with Gasteiger partial charge in [0.05, 0.1) is 36.3 Å². The molecule has 4 heterocycles. The summed E-state index contributed by atoms with van der Waals surface area (Å²) in [7, 11) is 0. The fourth-order valence-electron chi connectivity index (χ4n) is 3.78. The number of hydrogen-bond acceptors (Lipinski definition) is 5. The molecular weight excluding hydrogens is 441 g/mol. The SMILES string of the molecule is CC[C@]1(C)Cc2nc3sc4c(=O)n(Cc5ccc(Cl)cc5Cl)cnc4c3cc2CO1. The molecule has 0 spiro atoms. The lowest BCUT2D eigenvalue weighted by Gasteiger charge is -2.33. The first-order valence-electron chi connectivity index (χ1n) is 9.75. The highest BCUT2D eigenvalue weighted by molar-refractivity contribution is 7.25. The van der Waals surface area contributed by atoms with Crippen molar-refractivity contribution in [3.63, 3.8) is 0 Å². The number of aromatic nitrogens is 3. The molecule has 0 radical (unpaired) electrons. The third-order valence-corrected chi connectivity index (χ3v) is 7.49. The summed E-state index contributed by atoms with van der Waals surface area (Å²) in [6.45, 7) is 5.11. The Morgan fingerprint density at radius 3 is 2.90 bits per heavy atom. The number of nitrogens with zero attached hydrogens (tertiary/aromatic N) is 3. The van der Waals surface area contributed by atoms with Gasteiger partial charge < -0.3 is 4.74 Å². The monoisotopic (exact) mass is 459 g/mol. The lowest BCUT2D eigenvalue weighted by molar-refractivity contribution is -0.0573. The number of rotatable bonds is 3. The van der Waals surface area contributed by atoms with E-state index in [4.69, 9.17) is 32.9 Å². The number of halogens is 2. The van der Waals surface area contributed by atoms with Crippen LogP contribution in [-0.2, 0) is 24.3 Å². The zero-order chi connectivity index (χ0) is 21.0. The molecule has 0 bridgehead atoms. The quantitative estimate of drug-likeness (QED) is 0.399. The van der Waals surface area contributed by atoms with Crippen molar-refractivity contribution in [2.75, 3.05) is 0 Å². The van der Waals surface area contributed by atoms with Crippen LogP contribution in [0.25, 0.3) is 20.4 Å². The predicted molar refractivity (Wildman–Crippen MR) is 122 cm³/mol. The van der Waals surface area contributed by atoms with Gasteiger partial charge in [0, 0.05) is 27.4 Å². The fraction of sp³-hybridized carbons (Fsp3) is 0.318. The Bertz CT molecular complexity index is 1360. The molecule has 8 heteroatoms. The van der Waals surface area contributed by atoms with Crippen LogP contribution >= 0.6 is 34.5 Å². The summed E-state index contributed by atoms with van der Waals surface area (Å²) in [5, 5.41) is 2.00. The van der Waals surface area contributed by atoms with Crippen LogP contribution in [0, 0.1) is 0 Å². The van der Waals surface area contributed by atoms with Gasteiger partial charge >= 0.3 is 0 Å². The smallest absolute Gasteiger partial charge is 0.271 e. The largest absolute Gasteiger partial charge is 0.370 e. The summed E-state index contributed by atoms with van der Waals surface area (Å²) in [5.74, 6) is 0. The van der Waals surface area contributed by atoms with Crippen molar-refractivity contribution < 1.29 is 4.74 Å². The Balaban J connectivity index is 1.60. The van der Waals surface area contributed by atoms with E-state index >= 15 is 0 Å². The number of pyridine rings is 1. The molecule has 0 fully saturated rings. The highest BCUT2D eigenvalue weighted by Gasteiger charge is 2.31. The van der Waals surface area contributed by atoms with Crippen LogP contribution in [0.3, 0.4) is 0 Å². The lowest BCUT2D eigenvalue weighted by atomic mass is 9.91. The number of thiophene rings is 1. The van der Waals surface area contributed by atoms with Crippen LogP contribution < -0.4 is 5.56 Å². The Kier molecular flexibility index (Phi) is 4.86. The molecule has 0 saturated heterocycles. The molecule has 3 aromatic heterocycles. The maximum absolute atomic E-state index is 13.2. The van der Waals surface area contributed by atoms with Gasteiger partial charge in [-0.3, -0.25) is 9.36 Å². The van der Waals surface area contributed by atoms with Crippen molar-refractivity contribution in [1.82, 2.24) is 14.5 Å². The van der Waals surface area contributed by atoms with Crippen LogP contribution in [0.1, 0.15) is 37.1 Å². The topological polar surface area (TPSA) is 57.0 Å². The second-order valence-electron chi connectivity index (χ2n) is 7.91. The zero-order valence-electron chi connectivity index (χ0n) is 16.5. The average molecular weight is 460 g/mol. The van der Waals surface area contributed by atoms with Crippen molar-refractivity contribution in [3.05, 3.63) is 67.8 Å². The van der Waals surface area contributed by atoms with Gasteiger partial charge in [-0.05, 0) is 37.1 Å². The maximum atomic E-state index is 13.2. The summed E-state index contributed by atoms with van der Waals surface area (Å²) >= 11 is 13.7. The highest BCUT2D eigenvalue weighted by atomic mass is 35.5. The molecule has 154 valence electrons. The van der Waals surface area contributed by atoms with E-state index in [-0.39, 0.29) is 11.2 Å². The first-order chi connectivity index (χ1) is 14.4. The van der Waals surface area contributed by atoms with E-state index in [1.54, 1.807) is 23.0 Å². The van der Waals surface area contributed by atoms with Crippen LogP contribution in [0.2, 0.25) is 10.0 Å². The van der Waals surface area contributed by atoms with Crippen LogP contribution in [0.15, 0.2) is 35.4 Å². The zero-order valence-corrected chi connectivity index (χ0v) is 18.9. The third kappa shape index (κ3) is 3.32. The Morgan fingerprint density at radius 2 is 2.13 bits per heavy atom. The van der Waals surface area contributed by atoms with Gasteiger partial charge in [0.15, 0.2) is 0 Å². The Hall–Kier alpha value is -1.99. The van der Waals surface area contributed by atoms with Crippen molar-refractivity contribution in [3.8, 4) is 0 Å². The summed E-state index contributed by atoms with van der Waals surface area (Å²) in [4.78, 5) is 23.5. The van der Waals surface area contributed by atoms with Crippen molar-refractivity contribution in [2.45, 2.75) is 45.4 Å². The van der Waals surface area contributed by atoms with E-state index in [1.165, 1.54) is 11.3 Å². The first kappa shape index (κ1) is 19.9. The molecule has 0 N–H and O–H groups in total. The molecule has 30 heavy (non-hydrogen) atoms. The first-order valence-corrected chi connectivity index (χ1v) is 11.3. The second-order valence-corrected chi connectivity index (χ2v) is 9.75. The summed E-state index contributed by atoms with van der Waals surface area (Å²) in [6, 6.07) is 7.35. The van der Waals surface area contributed by atoms with E-state index in [2.05, 4.69) is 24.9 Å². The lowest BCUT2D eigenvalue weighted by Crippen LogP contribution is -2.35. The molecule has 1 atom stereocenters. The minimum absolute atomic E-state index is 0.0957. The molecule has 0 aliphatic carbocycles. The standard InChI is InChI=1S/C22H19Cl2N3O2S/c1-3-22(2)8-17-13(10-29-22)6-15-18-19(30-20(15)26-17)21(28)27(11-25-18)9-12-4-5-14(23)7-16(12)24/h4-7,11H,3,8-10H2,1-2H3/t22-/m1/s1. The van der Waals surface area contributed by atoms with Crippen molar-refractivity contribution >= 4 is 55.0 Å². The molecule has 4 aromatic rings. The van der Waals surface area contributed by atoms with Gasteiger partial charge in [-0.25, -0.2) is 9.97 Å². The number of benzene rings is 1. The van der Waals surface area contributed by atoms with Crippen LogP contribution in [0.5, 0.6) is 0 Å². The number of hydrogen-bond donors (Lipinski definition) is 0. The molecule has 5 rings (SSSR count). The minimum atomic E-state index is -0.187. The minimum Gasteiger partial charge on any atom is -0.370 e. The molecule has 0 saturated carbocycles. The predicted octanol–water partition coefficient (Wildman–Crippen LogP) is 5.60. The van der Waals surface area contributed by atoms with E-state index in [1.807, 2.05) is 6.07 Å². The summed E-state index contributed by atoms with van der Waals surface area (Å²) in [6.07, 6.45) is 3.28. The number of fused-ring (bicyclic) bond motifs is 4. The molecule has 1 aliphatic heterocycles. The second kappa shape index (κ2) is 7.31. The molecule has 5 nitrogen and oxygen atoms in total. The van der Waals surface area contributed by atoms with Gasteiger partial charge in [0.2, 0.25) is 0 Å². The van der Waals surface area contributed by atoms with Gasteiger partial charge in [-0.15, -0.1) is 11.3 Å². The van der Waals surface area contributed by atoms with E-state index in [9.17, 15) is 4.79 Å². The summed E-state index contributed by atoms with van der Waals surface area (Å²) < 4.78 is 8.24. The van der Waals surface area contributed by atoms with Crippen LogP contribution in [-0.4, -0.2) is 20.1 Å². The number of ether oxygens (including phenoxy) is 1. The highest BCUT2D eigenvalue weighted by Crippen LogP contribution is 2.35. The third-order valence-electron chi connectivity index (χ3n) is 5.83. The summed E-state index contributed by atoms with van der Waals surface area (Å²) in [5.41, 5.74) is 3.35. The molecule has 0 amide bonds. The maximum Gasteiger partial charge on any atom is 0.271 e.